The molecule has 0 N–H and O–H groups in total. The Morgan fingerprint density at radius 3 is 2.64 bits per heavy atom. The van der Waals surface area contributed by atoms with Gasteiger partial charge >= 0.3 is 0 Å². The van der Waals surface area contributed by atoms with Crippen LogP contribution in [0.5, 0.6) is 0 Å². The van der Waals surface area contributed by atoms with Crippen LogP contribution in [0.3, 0.4) is 0 Å². The highest BCUT2D eigenvalue weighted by atomic mass is 79.9. The fourth-order valence-corrected chi connectivity index (χ4v) is 1.57. The average molecular weight is 252 g/mol. The molecule has 0 saturated heterocycles. The molecule has 0 amide bonds. The van der Waals surface area contributed by atoms with Gasteiger partial charge in [-0.3, -0.25) is 0 Å². The maximum atomic E-state index is 4.18. The first kappa shape index (κ1) is 9.40. The minimum atomic E-state index is 0.885. The number of halogens is 1. The molecule has 0 aliphatic carbocycles. The van der Waals surface area contributed by atoms with Crippen LogP contribution in [-0.2, 0) is 6.42 Å². The van der Waals surface area contributed by atoms with E-state index in [-0.39, 0.29) is 0 Å². The third-order valence-corrected chi connectivity index (χ3v) is 2.53. The first-order valence-electron chi connectivity index (χ1n) is 4.46. The Labute approximate surface area is 90.9 Å². The molecular formula is C10H10BrN3. The largest absolute Gasteiger partial charge is 0.220 e. The van der Waals surface area contributed by atoms with Gasteiger partial charge < -0.3 is 0 Å². The Kier molecular flexibility index (Phi) is 2.63. The van der Waals surface area contributed by atoms with E-state index < -0.39 is 0 Å². The van der Waals surface area contributed by atoms with Gasteiger partial charge in [-0.25, -0.2) is 9.67 Å². The van der Waals surface area contributed by atoms with Gasteiger partial charge in [0, 0.05) is 10.9 Å². The molecule has 0 radical (unpaired) electrons. The monoisotopic (exact) mass is 251 g/mol. The van der Waals surface area contributed by atoms with Gasteiger partial charge in [0.15, 0.2) is 0 Å². The Hall–Kier alpha value is -1.16. The van der Waals surface area contributed by atoms with Crippen molar-refractivity contribution in [1.29, 1.82) is 0 Å². The van der Waals surface area contributed by atoms with Crippen molar-refractivity contribution in [3.63, 3.8) is 0 Å². The van der Waals surface area contributed by atoms with E-state index in [0.29, 0.717) is 0 Å². The van der Waals surface area contributed by atoms with E-state index in [1.54, 1.807) is 6.33 Å². The fourth-order valence-electron chi connectivity index (χ4n) is 1.30. The number of aromatic nitrogens is 3. The van der Waals surface area contributed by atoms with Crippen molar-refractivity contribution in [1.82, 2.24) is 14.8 Å². The summed E-state index contributed by atoms with van der Waals surface area (Å²) >= 11 is 3.40. The summed E-state index contributed by atoms with van der Waals surface area (Å²) in [6.45, 7) is 2.07. The van der Waals surface area contributed by atoms with E-state index in [4.69, 9.17) is 0 Å². The van der Waals surface area contributed by atoms with Crippen LogP contribution in [0.2, 0.25) is 0 Å². The maximum Gasteiger partial charge on any atom is 0.138 e. The standard InChI is InChI=1S/C10H10BrN3/c1-2-10-12-7-13-14(10)9-5-3-8(11)4-6-9/h3-7H,2H2,1H3. The average Bonchev–Trinajstić information content (AvgIpc) is 2.67. The van der Waals surface area contributed by atoms with Crippen LogP contribution in [-0.4, -0.2) is 14.8 Å². The summed E-state index contributed by atoms with van der Waals surface area (Å²) in [6.07, 6.45) is 2.47. The molecule has 0 saturated carbocycles. The summed E-state index contributed by atoms with van der Waals surface area (Å²) in [5.74, 6) is 0.979. The van der Waals surface area contributed by atoms with Gasteiger partial charge in [-0.1, -0.05) is 22.9 Å². The van der Waals surface area contributed by atoms with E-state index in [0.717, 1.165) is 22.4 Å². The number of rotatable bonds is 2. The number of aryl methyl sites for hydroxylation is 1. The van der Waals surface area contributed by atoms with Crippen molar-refractivity contribution in [3.8, 4) is 5.69 Å². The Bertz CT molecular complexity index is 419. The van der Waals surface area contributed by atoms with E-state index in [1.807, 2.05) is 28.9 Å². The SMILES string of the molecule is CCc1ncnn1-c1ccc(Br)cc1. The van der Waals surface area contributed by atoms with E-state index >= 15 is 0 Å². The lowest BCUT2D eigenvalue weighted by atomic mass is 10.3. The predicted octanol–water partition coefficient (Wildman–Crippen LogP) is 2.59. The molecule has 1 heterocycles. The van der Waals surface area contributed by atoms with Crippen LogP contribution in [0.25, 0.3) is 5.69 Å². The van der Waals surface area contributed by atoms with Crippen molar-refractivity contribution >= 4 is 15.9 Å². The molecule has 72 valence electrons. The summed E-state index contributed by atoms with van der Waals surface area (Å²) in [5, 5.41) is 4.18. The minimum absolute atomic E-state index is 0.885. The first-order chi connectivity index (χ1) is 6.81. The van der Waals surface area contributed by atoms with Crippen molar-refractivity contribution < 1.29 is 0 Å². The van der Waals surface area contributed by atoms with Crippen LogP contribution >= 0.6 is 15.9 Å². The highest BCUT2D eigenvalue weighted by Gasteiger charge is 2.03. The second-order valence-electron chi connectivity index (χ2n) is 2.92. The third kappa shape index (κ3) is 1.70. The van der Waals surface area contributed by atoms with Gasteiger partial charge in [0.25, 0.3) is 0 Å². The number of hydrogen-bond donors (Lipinski definition) is 0. The summed E-state index contributed by atoms with van der Waals surface area (Å²) in [4.78, 5) is 4.17. The molecule has 1 aromatic carbocycles. The number of hydrogen-bond acceptors (Lipinski definition) is 2. The molecular weight excluding hydrogens is 242 g/mol. The number of nitrogens with zero attached hydrogens (tertiary/aromatic N) is 3. The molecule has 2 rings (SSSR count). The van der Waals surface area contributed by atoms with Crippen LogP contribution in [0.1, 0.15) is 12.7 Å². The topological polar surface area (TPSA) is 30.7 Å². The van der Waals surface area contributed by atoms with Gasteiger partial charge in [0.1, 0.15) is 12.2 Å². The zero-order valence-electron chi connectivity index (χ0n) is 7.81. The number of benzene rings is 1. The molecule has 0 aliphatic heterocycles. The molecule has 0 bridgehead atoms. The second-order valence-corrected chi connectivity index (χ2v) is 3.83. The van der Waals surface area contributed by atoms with Gasteiger partial charge in [-0.05, 0) is 24.3 Å². The Morgan fingerprint density at radius 2 is 2.00 bits per heavy atom. The zero-order valence-corrected chi connectivity index (χ0v) is 9.40. The Balaban J connectivity index is 2.44. The smallest absolute Gasteiger partial charge is 0.138 e. The van der Waals surface area contributed by atoms with Crippen molar-refractivity contribution in [2.75, 3.05) is 0 Å². The molecule has 0 fully saturated rings. The van der Waals surface area contributed by atoms with Gasteiger partial charge in [0.05, 0.1) is 5.69 Å². The van der Waals surface area contributed by atoms with Gasteiger partial charge in [0.2, 0.25) is 0 Å². The summed E-state index contributed by atoms with van der Waals surface area (Å²) in [6, 6.07) is 8.02. The van der Waals surface area contributed by atoms with E-state index in [1.165, 1.54) is 0 Å². The van der Waals surface area contributed by atoms with Crippen molar-refractivity contribution in [2.45, 2.75) is 13.3 Å². The lowest BCUT2D eigenvalue weighted by Crippen LogP contribution is -2.01. The Morgan fingerprint density at radius 1 is 1.29 bits per heavy atom. The predicted molar refractivity (Wildman–Crippen MR) is 58.4 cm³/mol. The van der Waals surface area contributed by atoms with Gasteiger partial charge in [-0.2, -0.15) is 5.10 Å². The third-order valence-electron chi connectivity index (χ3n) is 2.01. The lowest BCUT2D eigenvalue weighted by Gasteiger charge is -2.03. The summed E-state index contributed by atoms with van der Waals surface area (Å²) < 4.78 is 2.92. The molecule has 0 atom stereocenters. The van der Waals surface area contributed by atoms with E-state index in [9.17, 15) is 0 Å². The molecule has 2 aromatic rings. The van der Waals surface area contributed by atoms with Crippen molar-refractivity contribution in [3.05, 3.63) is 40.9 Å². The van der Waals surface area contributed by atoms with Crippen LogP contribution < -0.4 is 0 Å². The van der Waals surface area contributed by atoms with Crippen LogP contribution in [0.15, 0.2) is 35.1 Å². The highest BCUT2D eigenvalue weighted by molar-refractivity contribution is 9.10. The fraction of sp³-hybridized carbons (Fsp3) is 0.200. The summed E-state index contributed by atoms with van der Waals surface area (Å²) in [7, 11) is 0. The zero-order chi connectivity index (χ0) is 9.97. The van der Waals surface area contributed by atoms with E-state index in [2.05, 4.69) is 32.9 Å². The minimum Gasteiger partial charge on any atom is -0.220 e. The molecule has 1 aromatic heterocycles. The highest BCUT2D eigenvalue weighted by Crippen LogP contribution is 2.14. The van der Waals surface area contributed by atoms with Crippen LogP contribution in [0.4, 0.5) is 0 Å². The van der Waals surface area contributed by atoms with Crippen molar-refractivity contribution in [2.24, 2.45) is 0 Å². The second kappa shape index (κ2) is 3.92. The first-order valence-corrected chi connectivity index (χ1v) is 5.25. The molecule has 14 heavy (non-hydrogen) atoms. The quantitative estimate of drug-likeness (QED) is 0.822. The molecule has 0 unspecified atom stereocenters. The molecule has 4 heteroatoms. The van der Waals surface area contributed by atoms with Gasteiger partial charge in [-0.15, -0.1) is 0 Å². The summed E-state index contributed by atoms with van der Waals surface area (Å²) in [5.41, 5.74) is 1.04. The normalized spacial score (nSPS) is 10.4. The lowest BCUT2D eigenvalue weighted by molar-refractivity contribution is 0.801. The molecule has 0 aliphatic rings. The van der Waals surface area contributed by atoms with Crippen LogP contribution in [0, 0.1) is 0 Å². The maximum absolute atomic E-state index is 4.18. The molecule has 0 spiro atoms. The molecule has 3 nitrogen and oxygen atoms in total.